The Morgan fingerprint density at radius 2 is 2.11 bits per heavy atom. The Kier molecular flexibility index (Phi) is 5.20. The van der Waals surface area contributed by atoms with Gasteiger partial charge in [-0.2, -0.15) is 0 Å². The van der Waals surface area contributed by atoms with Crippen LogP contribution < -0.4 is 10.6 Å². The van der Waals surface area contributed by atoms with Gasteiger partial charge in [-0.1, -0.05) is 30.3 Å². The van der Waals surface area contributed by atoms with E-state index in [0.29, 0.717) is 6.54 Å². The standard InChI is InChI=1S/C13H18N2O3/c1-10(16)15-12(9-18-2)13(17)14-8-11-6-4-3-5-7-11/h3-7,12H,8-9H2,1-2H3,(H,14,17)(H,15,16)/t12-/m1/s1/i2D. The Morgan fingerprint density at radius 1 is 1.39 bits per heavy atom. The molecule has 0 saturated heterocycles. The van der Waals surface area contributed by atoms with Gasteiger partial charge in [0.05, 0.1) is 7.98 Å². The van der Waals surface area contributed by atoms with Crippen LogP contribution in [0.3, 0.4) is 0 Å². The Labute approximate surface area is 108 Å². The third-order valence-corrected chi connectivity index (χ3v) is 2.29. The zero-order valence-corrected chi connectivity index (χ0v) is 10.3. The molecule has 2 N–H and O–H groups in total. The normalized spacial score (nSPS) is 12.4. The highest BCUT2D eigenvalue weighted by molar-refractivity contribution is 5.86. The molecule has 0 radical (unpaired) electrons. The van der Waals surface area contributed by atoms with Crippen molar-refractivity contribution in [1.82, 2.24) is 10.6 Å². The molecule has 1 atom stereocenters. The third-order valence-electron chi connectivity index (χ3n) is 2.29. The van der Waals surface area contributed by atoms with Gasteiger partial charge in [0.25, 0.3) is 0 Å². The summed E-state index contributed by atoms with van der Waals surface area (Å²) in [5.41, 5.74) is 0.971. The number of nitrogens with one attached hydrogen (secondary N) is 2. The molecule has 0 unspecified atom stereocenters. The topological polar surface area (TPSA) is 67.4 Å². The summed E-state index contributed by atoms with van der Waals surface area (Å²) in [6.07, 6.45) is 0. The maximum Gasteiger partial charge on any atom is 0.245 e. The summed E-state index contributed by atoms with van der Waals surface area (Å²) in [5, 5.41) is 5.21. The molecule has 0 aliphatic heterocycles. The fourth-order valence-electron chi connectivity index (χ4n) is 1.45. The third kappa shape index (κ3) is 4.97. The van der Waals surface area contributed by atoms with E-state index in [-0.39, 0.29) is 25.5 Å². The molecule has 2 amide bonds. The Morgan fingerprint density at radius 3 is 2.72 bits per heavy atom. The SMILES string of the molecule is [2H]COC[C@@H](NC(C)=O)C(=O)NCc1ccccc1. The van der Waals surface area contributed by atoms with E-state index in [1.807, 2.05) is 30.3 Å². The van der Waals surface area contributed by atoms with Gasteiger partial charge in [-0.05, 0) is 5.56 Å². The number of hydrogen-bond acceptors (Lipinski definition) is 3. The highest BCUT2D eigenvalue weighted by Gasteiger charge is 2.18. The lowest BCUT2D eigenvalue weighted by Gasteiger charge is -2.16. The Bertz CT molecular complexity index is 412. The van der Waals surface area contributed by atoms with E-state index in [9.17, 15) is 9.59 Å². The molecule has 0 spiro atoms. The van der Waals surface area contributed by atoms with Crippen molar-refractivity contribution < 1.29 is 15.7 Å². The lowest BCUT2D eigenvalue weighted by atomic mass is 10.2. The average molecular weight is 251 g/mol. The van der Waals surface area contributed by atoms with Crippen LogP contribution in [-0.4, -0.2) is 31.5 Å². The largest absolute Gasteiger partial charge is 0.382 e. The molecule has 0 heterocycles. The van der Waals surface area contributed by atoms with Crippen molar-refractivity contribution >= 4 is 11.8 Å². The van der Waals surface area contributed by atoms with E-state index < -0.39 is 6.04 Å². The Hall–Kier alpha value is -1.88. The summed E-state index contributed by atoms with van der Waals surface area (Å²) in [4.78, 5) is 22.9. The number of amides is 2. The molecule has 18 heavy (non-hydrogen) atoms. The first-order valence-corrected chi connectivity index (χ1v) is 5.59. The second-order valence-corrected chi connectivity index (χ2v) is 3.83. The number of hydrogen-bond donors (Lipinski definition) is 2. The molecule has 0 aromatic heterocycles. The molecular formula is C13H18N2O3. The highest BCUT2D eigenvalue weighted by atomic mass is 16.5. The van der Waals surface area contributed by atoms with Crippen LogP contribution in [0, 0.1) is 0 Å². The van der Waals surface area contributed by atoms with Crippen molar-refractivity contribution in [2.45, 2.75) is 19.5 Å². The molecule has 0 saturated carbocycles. The molecule has 0 fully saturated rings. The van der Waals surface area contributed by atoms with Crippen molar-refractivity contribution in [1.29, 1.82) is 0 Å². The van der Waals surface area contributed by atoms with E-state index >= 15 is 0 Å². The van der Waals surface area contributed by atoms with Crippen LogP contribution in [0.2, 0.25) is 0 Å². The van der Waals surface area contributed by atoms with Gasteiger partial charge in [-0.15, -0.1) is 0 Å². The van der Waals surface area contributed by atoms with E-state index in [0.717, 1.165) is 5.56 Å². The van der Waals surface area contributed by atoms with E-state index in [1.54, 1.807) is 0 Å². The molecule has 1 rings (SSSR count). The van der Waals surface area contributed by atoms with Gasteiger partial charge < -0.3 is 15.4 Å². The first-order chi connectivity index (χ1) is 9.13. The van der Waals surface area contributed by atoms with Crippen molar-refractivity contribution in [3.05, 3.63) is 35.9 Å². The summed E-state index contributed by atoms with van der Waals surface area (Å²) in [6.45, 7) is 1.71. The number of methoxy groups -OCH3 is 1. The highest BCUT2D eigenvalue weighted by Crippen LogP contribution is 1.97. The van der Waals surface area contributed by atoms with Crippen molar-refractivity contribution in [3.63, 3.8) is 0 Å². The molecule has 5 heteroatoms. The summed E-state index contributed by atoms with van der Waals surface area (Å²) in [7, 11) is -0.248. The van der Waals surface area contributed by atoms with Crippen LogP contribution >= 0.6 is 0 Å². The molecule has 1 aromatic carbocycles. The molecule has 0 aliphatic carbocycles. The smallest absolute Gasteiger partial charge is 0.245 e. The van der Waals surface area contributed by atoms with Gasteiger partial charge in [0.15, 0.2) is 0 Å². The maximum absolute atomic E-state index is 11.9. The summed E-state index contributed by atoms with van der Waals surface area (Å²) in [6, 6.07) is 8.69. The van der Waals surface area contributed by atoms with E-state index in [1.165, 1.54) is 6.92 Å². The zero-order valence-electron chi connectivity index (χ0n) is 11.3. The van der Waals surface area contributed by atoms with E-state index in [2.05, 4.69) is 10.6 Å². The quantitative estimate of drug-likeness (QED) is 0.771. The second kappa shape index (κ2) is 7.45. The predicted molar refractivity (Wildman–Crippen MR) is 67.8 cm³/mol. The van der Waals surface area contributed by atoms with Crippen molar-refractivity contribution in [3.8, 4) is 0 Å². The predicted octanol–water partition coefficient (Wildman–Crippen LogP) is 0.454. The van der Waals surface area contributed by atoms with Gasteiger partial charge in [0, 0.05) is 20.6 Å². The van der Waals surface area contributed by atoms with Gasteiger partial charge >= 0.3 is 0 Å². The zero-order chi connectivity index (χ0) is 14.1. The lowest BCUT2D eigenvalue weighted by molar-refractivity contribution is -0.129. The maximum atomic E-state index is 11.9. The van der Waals surface area contributed by atoms with Crippen molar-refractivity contribution in [2.24, 2.45) is 0 Å². The molecule has 98 valence electrons. The van der Waals surface area contributed by atoms with Crippen LogP contribution in [0.25, 0.3) is 0 Å². The van der Waals surface area contributed by atoms with Crippen LogP contribution in [0.15, 0.2) is 30.3 Å². The minimum absolute atomic E-state index is 0.0102. The monoisotopic (exact) mass is 251 g/mol. The number of ether oxygens (including phenoxy) is 1. The number of rotatable bonds is 6. The minimum atomic E-state index is -0.772. The van der Waals surface area contributed by atoms with Crippen LogP contribution in [0.4, 0.5) is 0 Å². The van der Waals surface area contributed by atoms with Gasteiger partial charge in [0.2, 0.25) is 11.8 Å². The molecular weight excluding hydrogens is 232 g/mol. The molecule has 0 bridgehead atoms. The second-order valence-electron chi connectivity index (χ2n) is 3.83. The van der Waals surface area contributed by atoms with Crippen LogP contribution in [0.1, 0.15) is 13.9 Å². The number of benzene rings is 1. The fourth-order valence-corrected chi connectivity index (χ4v) is 1.45. The minimum Gasteiger partial charge on any atom is -0.382 e. The van der Waals surface area contributed by atoms with Crippen LogP contribution in [0.5, 0.6) is 0 Å². The van der Waals surface area contributed by atoms with Crippen LogP contribution in [-0.2, 0) is 20.9 Å². The number of carbonyl (C=O) groups is 2. The van der Waals surface area contributed by atoms with Crippen molar-refractivity contribution in [2.75, 3.05) is 13.7 Å². The first-order valence-electron chi connectivity index (χ1n) is 6.30. The molecule has 1 aromatic rings. The average Bonchev–Trinajstić information content (AvgIpc) is 2.41. The lowest BCUT2D eigenvalue weighted by Crippen LogP contribution is -2.48. The Balaban J connectivity index is 2.48. The van der Waals surface area contributed by atoms with Gasteiger partial charge in [-0.3, -0.25) is 9.59 Å². The first kappa shape index (κ1) is 12.6. The molecule has 0 aliphatic rings. The summed E-state index contributed by atoms with van der Waals surface area (Å²) >= 11 is 0. The summed E-state index contributed by atoms with van der Waals surface area (Å²) in [5.74, 6) is -0.638. The fraction of sp³-hybridized carbons (Fsp3) is 0.385. The van der Waals surface area contributed by atoms with E-state index in [4.69, 9.17) is 6.11 Å². The summed E-state index contributed by atoms with van der Waals surface area (Å²) < 4.78 is 11.8. The number of carbonyl (C=O) groups excluding carboxylic acids is 2. The van der Waals surface area contributed by atoms with Gasteiger partial charge in [-0.25, -0.2) is 0 Å². The van der Waals surface area contributed by atoms with Gasteiger partial charge in [0.1, 0.15) is 6.04 Å². The molecule has 5 nitrogen and oxygen atoms in total.